The summed E-state index contributed by atoms with van der Waals surface area (Å²) >= 11 is 0. The van der Waals surface area contributed by atoms with Crippen LogP contribution in [0.5, 0.6) is 0 Å². The number of rotatable bonds is 7. The number of hydrogen-bond acceptors (Lipinski definition) is 3. The molecule has 1 aliphatic rings. The molecule has 1 N–H and O–H groups in total. The second-order valence-corrected chi connectivity index (χ2v) is 5.94. The SMILES string of the molecule is CCCn1ccc(CNC2CCC(C(=O)OCC)CC2)c1. The van der Waals surface area contributed by atoms with Crippen LogP contribution in [-0.2, 0) is 22.6 Å². The fourth-order valence-corrected chi connectivity index (χ4v) is 3.05. The largest absolute Gasteiger partial charge is 0.466 e. The van der Waals surface area contributed by atoms with E-state index in [0.717, 1.165) is 38.8 Å². The van der Waals surface area contributed by atoms with E-state index < -0.39 is 0 Å². The number of esters is 1. The van der Waals surface area contributed by atoms with Gasteiger partial charge in [-0.3, -0.25) is 4.79 Å². The highest BCUT2D eigenvalue weighted by Crippen LogP contribution is 2.25. The molecule has 1 aromatic heterocycles. The zero-order valence-corrected chi connectivity index (χ0v) is 13.3. The summed E-state index contributed by atoms with van der Waals surface area (Å²) in [4.78, 5) is 11.7. The normalized spacial score (nSPS) is 22.2. The molecule has 0 aromatic carbocycles. The Morgan fingerprint density at radius 2 is 2.10 bits per heavy atom. The van der Waals surface area contributed by atoms with E-state index >= 15 is 0 Å². The molecule has 1 saturated carbocycles. The van der Waals surface area contributed by atoms with Gasteiger partial charge in [0.05, 0.1) is 12.5 Å². The third kappa shape index (κ3) is 4.88. The van der Waals surface area contributed by atoms with Gasteiger partial charge in [0.2, 0.25) is 0 Å². The molecule has 0 aliphatic heterocycles. The maximum Gasteiger partial charge on any atom is 0.308 e. The molecule has 0 radical (unpaired) electrons. The first-order chi connectivity index (χ1) is 10.2. The molecule has 0 atom stereocenters. The monoisotopic (exact) mass is 292 g/mol. The average Bonchev–Trinajstić information content (AvgIpc) is 2.94. The van der Waals surface area contributed by atoms with Gasteiger partial charge in [0, 0.05) is 31.5 Å². The molecule has 1 aliphatic carbocycles. The van der Waals surface area contributed by atoms with Crippen molar-refractivity contribution in [3.8, 4) is 0 Å². The van der Waals surface area contributed by atoms with E-state index in [2.05, 4.69) is 35.3 Å². The van der Waals surface area contributed by atoms with Crippen LogP contribution >= 0.6 is 0 Å². The van der Waals surface area contributed by atoms with Crippen molar-refractivity contribution in [2.45, 2.75) is 65.1 Å². The fourth-order valence-electron chi connectivity index (χ4n) is 3.05. The molecule has 1 heterocycles. The van der Waals surface area contributed by atoms with Gasteiger partial charge in [-0.1, -0.05) is 6.92 Å². The number of carbonyl (C=O) groups is 1. The number of nitrogens with zero attached hydrogens (tertiary/aromatic N) is 1. The quantitative estimate of drug-likeness (QED) is 0.785. The Kier molecular flexibility index (Phi) is 6.30. The third-order valence-corrected chi connectivity index (χ3v) is 4.24. The second-order valence-electron chi connectivity index (χ2n) is 5.94. The van der Waals surface area contributed by atoms with Gasteiger partial charge >= 0.3 is 5.97 Å². The fraction of sp³-hybridized carbons (Fsp3) is 0.706. The summed E-state index contributed by atoms with van der Waals surface area (Å²) in [5.41, 5.74) is 1.34. The minimum atomic E-state index is -0.00686. The Morgan fingerprint density at radius 3 is 2.76 bits per heavy atom. The number of aromatic nitrogens is 1. The van der Waals surface area contributed by atoms with Crippen LogP contribution in [0.4, 0.5) is 0 Å². The van der Waals surface area contributed by atoms with Crippen LogP contribution in [0, 0.1) is 5.92 Å². The second kappa shape index (κ2) is 8.23. The minimum Gasteiger partial charge on any atom is -0.466 e. The lowest BCUT2D eigenvalue weighted by atomic mass is 9.86. The standard InChI is InChI=1S/C17H28N2O2/c1-3-10-19-11-9-14(13-19)12-18-16-7-5-15(6-8-16)17(20)21-4-2/h9,11,13,15-16,18H,3-8,10,12H2,1-2H3. The molecule has 118 valence electrons. The van der Waals surface area contributed by atoms with Gasteiger partial charge in [-0.05, 0) is 50.7 Å². The molecule has 0 amide bonds. The van der Waals surface area contributed by atoms with Crippen molar-refractivity contribution in [2.75, 3.05) is 6.61 Å². The van der Waals surface area contributed by atoms with Crippen LogP contribution in [0.25, 0.3) is 0 Å². The summed E-state index contributed by atoms with van der Waals surface area (Å²) in [6.45, 7) is 6.57. The van der Waals surface area contributed by atoms with E-state index in [0.29, 0.717) is 12.6 Å². The summed E-state index contributed by atoms with van der Waals surface area (Å²) in [6, 6.07) is 2.72. The van der Waals surface area contributed by atoms with Crippen molar-refractivity contribution in [1.82, 2.24) is 9.88 Å². The molecule has 4 heteroatoms. The van der Waals surface area contributed by atoms with Gasteiger partial charge in [0.25, 0.3) is 0 Å². The van der Waals surface area contributed by atoms with Crippen LogP contribution in [0.1, 0.15) is 51.5 Å². The zero-order chi connectivity index (χ0) is 15.1. The summed E-state index contributed by atoms with van der Waals surface area (Å²) in [5, 5.41) is 3.62. The van der Waals surface area contributed by atoms with Gasteiger partial charge < -0.3 is 14.6 Å². The van der Waals surface area contributed by atoms with E-state index in [1.165, 1.54) is 12.0 Å². The van der Waals surface area contributed by atoms with E-state index in [1.54, 1.807) is 0 Å². The Bertz CT molecular complexity index is 434. The maximum atomic E-state index is 11.7. The molecule has 4 nitrogen and oxygen atoms in total. The van der Waals surface area contributed by atoms with Crippen molar-refractivity contribution >= 4 is 5.97 Å². The van der Waals surface area contributed by atoms with Crippen molar-refractivity contribution < 1.29 is 9.53 Å². The van der Waals surface area contributed by atoms with Crippen LogP contribution < -0.4 is 5.32 Å². The van der Waals surface area contributed by atoms with E-state index in [-0.39, 0.29) is 11.9 Å². The van der Waals surface area contributed by atoms with Crippen molar-refractivity contribution in [2.24, 2.45) is 5.92 Å². The first kappa shape index (κ1) is 16.1. The lowest BCUT2D eigenvalue weighted by Gasteiger charge is -2.27. The van der Waals surface area contributed by atoms with Gasteiger partial charge in [-0.2, -0.15) is 0 Å². The predicted molar refractivity (Wildman–Crippen MR) is 83.9 cm³/mol. The van der Waals surface area contributed by atoms with Crippen LogP contribution in [0.2, 0.25) is 0 Å². The molecule has 0 bridgehead atoms. The Morgan fingerprint density at radius 1 is 1.33 bits per heavy atom. The first-order valence-corrected chi connectivity index (χ1v) is 8.27. The third-order valence-electron chi connectivity index (χ3n) is 4.24. The molecule has 1 aromatic rings. The molecule has 0 spiro atoms. The molecule has 2 rings (SSSR count). The molecule has 0 saturated heterocycles. The number of nitrogens with one attached hydrogen (secondary N) is 1. The van der Waals surface area contributed by atoms with Crippen molar-refractivity contribution in [3.63, 3.8) is 0 Å². The van der Waals surface area contributed by atoms with Crippen molar-refractivity contribution in [3.05, 3.63) is 24.0 Å². The van der Waals surface area contributed by atoms with Gasteiger partial charge in [-0.15, -0.1) is 0 Å². The van der Waals surface area contributed by atoms with Gasteiger partial charge in [0.1, 0.15) is 0 Å². The van der Waals surface area contributed by atoms with Crippen LogP contribution in [0.15, 0.2) is 18.5 Å². The van der Waals surface area contributed by atoms with Crippen LogP contribution in [0.3, 0.4) is 0 Å². The molecule has 0 unspecified atom stereocenters. The predicted octanol–water partition coefficient (Wildman–Crippen LogP) is 3.11. The molecular formula is C17H28N2O2. The lowest BCUT2D eigenvalue weighted by Crippen LogP contribution is -2.35. The first-order valence-electron chi connectivity index (χ1n) is 8.27. The summed E-state index contributed by atoms with van der Waals surface area (Å²) < 4.78 is 7.35. The topological polar surface area (TPSA) is 43.3 Å². The highest BCUT2D eigenvalue weighted by molar-refractivity contribution is 5.72. The highest BCUT2D eigenvalue weighted by atomic mass is 16.5. The molecule has 1 fully saturated rings. The average molecular weight is 292 g/mol. The van der Waals surface area contributed by atoms with Crippen molar-refractivity contribution in [1.29, 1.82) is 0 Å². The number of ether oxygens (including phenoxy) is 1. The van der Waals surface area contributed by atoms with E-state index in [1.807, 2.05) is 6.92 Å². The molecular weight excluding hydrogens is 264 g/mol. The van der Waals surface area contributed by atoms with E-state index in [9.17, 15) is 4.79 Å². The number of hydrogen-bond donors (Lipinski definition) is 1. The Balaban J connectivity index is 1.69. The molecule has 21 heavy (non-hydrogen) atoms. The van der Waals surface area contributed by atoms with E-state index in [4.69, 9.17) is 4.74 Å². The van der Waals surface area contributed by atoms with Gasteiger partial charge in [0.15, 0.2) is 0 Å². The zero-order valence-electron chi connectivity index (χ0n) is 13.3. The highest BCUT2D eigenvalue weighted by Gasteiger charge is 2.26. The van der Waals surface area contributed by atoms with Crippen LogP contribution in [-0.4, -0.2) is 23.2 Å². The Labute approximate surface area is 127 Å². The minimum absolute atomic E-state index is 0.00686. The lowest BCUT2D eigenvalue weighted by molar-refractivity contribution is -0.149. The summed E-state index contributed by atoms with van der Waals surface area (Å²) in [7, 11) is 0. The number of aryl methyl sites for hydroxylation is 1. The Hall–Kier alpha value is -1.29. The number of carbonyl (C=O) groups excluding carboxylic acids is 1. The summed E-state index contributed by atoms with van der Waals surface area (Å²) in [5.74, 6) is 0.112. The summed E-state index contributed by atoms with van der Waals surface area (Å²) in [6.07, 6.45) is 9.58. The maximum absolute atomic E-state index is 11.7. The smallest absolute Gasteiger partial charge is 0.308 e. The van der Waals surface area contributed by atoms with Gasteiger partial charge in [-0.25, -0.2) is 0 Å².